The van der Waals surface area contributed by atoms with Gasteiger partial charge in [0.2, 0.25) is 0 Å². The number of halogens is 1. The van der Waals surface area contributed by atoms with E-state index in [0.29, 0.717) is 0 Å². The van der Waals surface area contributed by atoms with Crippen molar-refractivity contribution >= 4 is 28.3 Å². The molecule has 1 atom stereocenters. The summed E-state index contributed by atoms with van der Waals surface area (Å²) < 4.78 is 0.0637. The molecule has 1 aromatic rings. The van der Waals surface area contributed by atoms with Gasteiger partial charge in [-0.25, -0.2) is 0 Å². The van der Waals surface area contributed by atoms with E-state index in [2.05, 4.69) is 53.6 Å². The largest absolute Gasteiger partial charge is 0.373 e. The van der Waals surface area contributed by atoms with Crippen LogP contribution in [0.3, 0.4) is 0 Å². The Balaban J connectivity index is 2.71. The first-order chi connectivity index (χ1) is 6.56. The minimum Gasteiger partial charge on any atom is -0.373 e. The van der Waals surface area contributed by atoms with Crippen molar-refractivity contribution in [2.24, 2.45) is 0 Å². The molecule has 0 saturated heterocycles. The summed E-state index contributed by atoms with van der Waals surface area (Å²) in [6.07, 6.45) is 0. The van der Waals surface area contributed by atoms with Gasteiger partial charge in [0.25, 0.3) is 0 Å². The number of fused-ring (bicyclic) bond motifs is 1. The zero-order chi connectivity index (χ0) is 10.3. The first-order valence-corrected chi connectivity index (χ1v) is 5.58. The van der Waals surface area contributed by atoms with Gasteiger partial charge >= 0.3 is 0 Å². The van der Waals surface area contributed by atoms with Crippen molar-refractivity contribution in [3.8, 4) is 6.07 Å². The predicted molar refractivity (Wildman–Crippen MR) is 65.8 cm³/mol. The van der Waals surface area contributed by atoms with E-state index in [4.69, 9.17) is 5.26 Å². The first-order valence-electron chi connectivity index (χ1n) is 4.50. The Morgan fingerprint density at radius 3 is 2.93 bits per heavy atom. The second-order valence-electron chi connectivity index (χ2n) is 3.86. The second-order valence-corrected chi connectivity index (χ2v) is 6.25. The van der Waals surface area contributed by atoms with Crippen LogP contribution >= 0.6 is 22.6 Å². The molecule has 1 aliphatic heterocycles. The van der Waals surface area contributed by atoms with Gasteiger partial charge in [-0.1, -0.05) is 28.7 Å². The van der Waals surface area contributed by atoms with Crippen LogP contribution in [0, 0.1) is 11.3 Å². The van der Waals surface area contributed by atoms with Crippen LogP contribution in [0.1, 0.15) is 18.1 Å². The van der Waals surface area contributed by atoms with Gasteiger partial charge in [0, 0.05) is 24.8 Å². The van der Waals surface area contributed by atoms with E-state index in [1.807, 2.05) is 12.1 Å². The minimum absolute atomic E-state index is 0.0637. The third kappa shape index (κ3) is 1.29. The summed E-state index contributed by atoms with van der Waals surface area (Å²) >= 11 is 2.43. The molecule has 1 unspecified atom stereocenters. The van der Waals surface area contributed by atoms with E-state index in [1.165, 1.54) is 11.3 Å². The zero-order valence-corrected chi connectivity index (χ0v) is 10.4. The molecule has 0 N–H and O–H groups in total. The van der Waals surface area contributed by atoms with Gasteiger partial charge in [-0.3, -0.25) is 0 Å². The van der Waals surface area contributed by atoms with Gasteiger partial charge in [-0.2, -0.15) is 5.26 Å². The molecule has 0 radical (unpaired) electrons. The van der Waals surface area contributed by atoms with Crippen LogP contribution in [0.4, 0.5) is 5.69 Å². The standard InChI is InChI=1S/C11H11IN2/c1-11(12)7-14(2)9-5-3-4-8(6-13)10(9)11/h3-5H,7H2,1-2H3. The lowest BCUT2D eigenvalue weighted by atomic mass is 9.98. The molecule has 1 aliphatic rings. The fourth-order valence-corrected chi connectivity index (χ4v) is 3.19. The van der Waals surface area contributed by atoms with Crippen molar-refractivity contribution < 1.29 is 0 Å². The normalized spacial score (nSPS) is 24.6. The zero-order valence-electron chi connectivity index (χ0n) is 8.21. The van der Waals surface area contributed by atoms with E-state index in [9.17, 15) is 0 Å². The van der Waals surface area contributed by atoms with Crippen LogP contribution in [0.5, 0.6) is 0 Å². The summed E-state index contributed by atoms with van der Waals surface area (Å²) in [5.41, 5.74) is 3.19. The Morgan fingerprint density at radius 2 is 2.29 bits per heavy atom. The lowest BCUT2D eigenvalue weighted by molar-refractivity contribution is 0.763. The summed E-state index contributed by atoms with van der Waals surface area (Å²) in [4.78, 5) is 2.21. The number of hydrogen-bond donors (Lipinski definition) is 0. The number of rotatable bonds is 0. The van der Waals surface area contributed by atoms with Crippen LogP contribution in [0.2, 0.25) is 0 Å². The Hall–Kier alpha value is -0.760. The van der Waals surface area contributed by atoms with Gasteiger partial charge in [-0.05, 0) is 19.1 Å². The van der Waals surface area contributed by atoms with Crippen LogP contribution in [0.15, 0.2) is 18.2 Å². The molecule has 14 heavy (non-hydrogen) atoms. The molecule has 0 aromatic heterocycles. The summed E-state index contributed by atoms with van der Waals surface area (Å²) in [5, 5.41) is 9.05. The van der Waals surface area contributed by atoms with E-state index in [-0.39, 0.29) is 3.42 Å². The number of likely N-dealkylation sites (N-methyl/N-ethyl adjacent to an activating group) is 1. The molecule has 1 aromatic carbocycles. The van der Waals surface area contributed by atoms with Crippen molar-refractivity contribution in [3.05, 3.63) is 29.3 Å². The van der Waals surface area contributed by atoms with Gasteiger partial charge in [-0.15, -0.1) is 0 Å². The number of benzene rings is 1. The molecular weight excluding hydrogens is 287 g/mol. The molecule has 0 spiro atoms. The summed E-state index contributed by atoms with van der Waals surface area (Å²) in [6, 6.07) is 8.20. The van der Waals surface area contributed by atoms with Crippen LogP contribution in [-0.2, 0) is 3.42 Å². The maximum absolute atomic E-state index is 9.05. The molecular formula is C11H11IN2. The van der Waals surface area contributed by atoms with Crippen molar-refractivity contribution in [3.63, 3.8) is 0 Å². The Morgan fingerprint density at radius 1 is 1.57 bits per heavy atom. The first kappa shape index (κ1) is 9.78. The number of nitrogens with zero attached hydrogens (tertiary/aromatic N) is 2. The lowest BCUT2D eigenvalue weighted by Gasteiger charge is -2.16. The van der Waals surface area contributed by atoms with E-state index in [0.717, 1.165) is 12.1 Å². The fraction of sp³-hybridized carbons (Fsp3) is 0.364. The van der Waals surface area contributed by atoms with Crippen LogP contribution < -0.4 is 4.90 Å². The van der Waals surface area contributed by atoms with Gasteiger partial charge in [0.1, 0.15) is 0 Å². The molecule has 0 aliphatic carbocycles. The van der Waals surface area contributed by atoms with Crippen molar-refractivity contribution in [2.75, 3.05) is 18.5 Å². The SMILES string of the molecule is CN1CC(C)(I)c2c(C#N)cccc21. The van der Waals surface area contributed by atoms with Gasteiger partial charge in [0.15, 0.2) is 0 Å². The highest BCUT2D eigenvalue weighted by molar-refractivity contribution is 14.1. The average Bonchev–Trinajstić information content (AvgIpc) is 2.38. The highest BCUT2D eigenvalue weighted by atomic mass is 127. The van der Waals surface area contributed by atoms with Gasteiger partial charge < -0.3 is 4.90 Å². The maximum atomic E-state index is 9.05. The summed E-state index contributed by atoms with van der Waals surface area (Å²) in [5.74, 6) is 0. The topological polar surface area (TPSA) is 27.0 Å². The molecule has 0 bridgehead atoms. The quantitative estimate of drug-likeness (QED) is 0.544. The Kier molecular flexibility index (Phi) is 2.18. The number of hydrogen-bond acceptors (Lipinski definition) is 2. The van der Waals surface area contributed by atoms with Crippen molar-refractivity contribution in [1.29, 1.82) is 5.26 Å². The molecule has 1 heterocycles. The van der Waals surface area contributed by atoms with E-state index < -0.39 is 0 Å². The molecule has 0 saturated carbocycles. The third-order valence-electron chi connectivity index (χ3n) is 2.63. The molecule has 2 nitrogen and oxygen atoms in total. The van der Waals surface area contributed by atoms with Crippen LogP contribution in [-0.4, -0.2) is 13.6 Å². The van der Waals surface area contributed by atoms with Crippen molar-refractivity contribution in [2.45, 2.75) is 10.3 Å². The molecule has 0 amide bonds. The Labute approximate surface area is 97.7 Å². The number of nitriles is 1. The number of anilines is 1. The predicted octanol–water partition coefficient (Wildman–Crippen LogP) is 2.66. The lowest BCUT2D eigenvalue weighted by Crippen LogP contribution is -2.22. The van der Waals surface area contributed by atoms with E-state index in [1.54, 1.807) is 0 Å². The second kappa shape index (κ2) is 3.13. The van der Waals surface area contributed by atoms with Gasteiger partial charge in [0.05, 0.1) is 15.1 Å². The highest BCUT2D eigenvalue weighted by Crippen LogP contribution is 2.45. The summed E-state index contributed by atoms with van der Waals surface area (Å²) in [6.45, 7) is 3.15. The smallest absolute Gasteiger partial charge is 0.0995 e. The molecule has 3 heteroatoms. The Bertz CT molecular complexity index is 418. The van der Waals surface area contributed by atoms with Crippen molar-refractivity contribution in [1.82, 2.24) is 0 Å². The highest BCUT2D eigenvalue weighted by Gasteiger charge is 2.36. The fourth-order valence-electron chi connectivity index (χ4n) is 2.11. The monoisotopic (exact) mass is 298 g/mol. The molecule has 2 rings (SSSR count). The third-order valence-corrected chi connectivity index (χ3v) is 3.51. The minimum atomic E-state index is 0.0637. The molecule has 72 valence electrons. The van der Waals surface area contributed by atoms with E-state index >= 15 is 0 Å². The van der Waals surface area contributed by atoms with Crippen LogP contribution in [0.25, 0.3) is 0 Å². The number of alkyl halides is 1. The molecule has 0 fully saturated rings. The average molecular weight is 298 g/mol. The summed E-state index contributed by atoms with van der Waals surface area (Å²) in [7, 11) is 2.07. The maximum Gasteiger partial charge on any atom is 0.0995 e.